The van der Waals surface area contributed by atoms with E-state index in [9.17, 15) is 0 Å². The maximum Gasteiger partial charge on any atom is 0.462 e. The summed E-state index contributed by atoms with van der Waals surface area (Å²) < 4.78 is 12.6. The summed E-state index contributed by atoms with van der Waals surface area (Å²) in [7, 11) is -0.0406. The number of rotatable bonds is 1. The Morgan fingerprint density at radius 2 is 1.71 bits per heavy atom. The molecular weight excluding hydrogens is 259 g/mol. The highest BCUT2D eigenvalue weighted by Crippen LogP contribution is 2.67. The Hall–Kier alpha value is -0.795. The van der Waals surface area contributed by atoms with Crippen LogP contribution in [0.1, 0.15) is 58.1 Å². The van der Waals surface area contributed by atoms with Gasteiger partial charge in [-0.15, -0.1) is 0 Å². The highest BCUT2D eigenvalue weighted by atomic mass is 16.7. The number of fused-ring (bicyclic) bond motifs is 2. The van der Waals surface area contributed by atoms with Gasteiger partial charge in [0.25, 0.3) is 0 Å². The molecule has 1 heterocycles. The second-order valence-electron chi connectivity index (χ2n) is 8.10. The Labute approximate surface area is 128 Å². The Morgan fingerprint density at radius 1 is 1.05 bits per heavy atom. The fraction of sp³-hybridized carbons (Fsp3) is 0.667. The van der Waals surface area contributed by atoms with E-state index < -0.39 is 0 Å². The van der Waals surface area contributed by atoms with E-state index in [1.54, 1.807) is 11.1 Å². The average molecular weight is 284 g/mol. The highest BCUT2D eigenvalue weighted by molar-refractivity contribution is 6.49. The van der Waals surface area contributed by atoms with Crippen LogP contribution in [0.2, 0.25) is 5.82 Å². The van der Waals surface area contributed by atoms with Gasteiger partial charge in [0.05, 0.1) is 11.2 Å². The Kier molecular flexibility index (Phi) is 2.73. The predicted molar refractivity (Wildman–Crippen MR) is 85.5 cm³/mol. The van der Waals surface area contributed by atoms with Gasteiger partial charge in [-0.1, -0.05) is 24.3 Å². The lowest BCUT2D eigenvalue weighted by molar-refractivity contribution is 0.00578. The SMILES string of the molecule is CC1(C)OB([C@H]2C[C@@]23CCCc2ccccc23)OC1(C)C. The molecule has 4 rings (SSSR count). The van der Waals surface area contributed by atoms with E-state index in [0.717, 1.165) is 0 Å². The Balaban J connectivity index is 1.62. The van der Waals surface area contributed by atoms with Crippen LogP contribution in [0.15, 0.2) is 24.3 Å². The summed E-state index contributed by atoms with van der Waals surface area (Å²) in [6.07, 6.45) is 5.04. The zero-order valence-electron chi connectivity index (χ0n) is 13.6. The molecule has 1 spiro atoms. The van der Waals surface area contributed by atoms with E-state index in [-0.39, 0.29) is 18.3 Å². The minimum Gasteiger partial charge on any atom is -0.403 e. The third-order valence-electron chi connectivity index (χ3n) is 6.36. The van der Waals surface area contributed by atoms with E-state index in [0.29, 0.717) is 11.2 Å². The second-order valence-corrected chi connectivity index (χ2v) is 8.10. The molecule has 2 aliphatic carbocycles. The molecule has 1 saturated carbocycles. The minimum atomic E-state index is -0.213. The first-order valence-corrected chi connectivity index (χ1v) is 8.30. The van der Waals surface area contributed by atoms with Crippen LogP contribution in [0.3, 0.4) is 0 Å². The first-order chi connectivity index (χ1) is 9.86. The standard InChI is InChI=1S/C18H25BO2/c1-16(2)17(3,4)21-19(20-16)15-12-18(15)11-7-9-13-8-5-6-10-14(13)18/h5-6,8,10,15H,7,9,11-12H2,1-4H3/t15-,18+/m0/s1. The summed E-state index contributed by atoms with van der Waals surface area (Å²) >= 11 is 0. The van der Waals surface area contributed by atoms with Crippen molar-refractivity contribution in [1.82, 2.24) is 0 Å². The van der Waals surface area contributed by atoms with Crippen molar-refractivity contribution in [2.75, 3.05) is 0 Å². The highest BCUT2D eigenvalue weighted by Gasteiger charge is 2.67. The summed E-state index contributed by atoms with van der Waals surface area (Å²) in [5, 5.41) is 0. The normalized spacial score (nSPS) is 35.8. The van der Waals surface area contributed by atoms with Crippen molar-refractivity contribution < 1.29 is 9.31 Å². The molecule has 1 saturated heterocycles. The lowest BCUT2D eigenvalue weighted by atomic mass is 9.70. The summed E-state index contributed by atoms with van der Waals surface area (Å²) in [5.41, 5.74) is 3.01. The van der Waals surface area contributed by atoms with Crippen molar-refractivity contribution in [3.63, 3.8) is 0 Å². The van der Waals surface area contributed by atoms with Crippen LogP contribution in [-0.2, 0) is 21.1 Å². The summed E-state index contributed by atoms with van der Waals surface area (Å²) in [6.45, 7) is 8.60. The number of hydrogen-bond acceptors (Lipinski definition) is 2. The quantitative estimate of drug-likeness (QED) is 0.722. The van der Waals surface area contributed by atoms with Crippen molar-refractivity contribution in [3.05, 3.63) is 35.4 Å². The predicted octanol–water partition coefficient (Wildman–Crippen LogP) is 4.13. The van der Waals surface area contributed by atoms with Crippen LogP contribution in [0, 0.1) is 0 Å². The summed E-state index contributed by atoms with van der Waals surface area (Å²) in [6, 6.07) is 8.99. The molecule has 3 aliphatic rings. The van der Waals surface area contributed by atoms with Gasteiger partial charge >= 0.3 is 7.12 Å². The molecule has 0 aromatic heterocycles. The van der Waals surface area contributed by atoms with E-state index >= 15 is 0 Å². The molecule has 1 aromatic rings. The molecule has 21 heavy (non-hydrogen) atoms. The topological polar surface area (TPSA) is 18.5 Å². The van der Waals surface area contributed by atoms with E-state index in [1.165, 1.54) is 25.7 Å². The summed E-state index contributed by atoms with van der Waals surface area (Å²) in [4.78, 5) is 0. The third-order valence-corrected chi connectivity index (χ3v) is 6.36. The van der Waals surface area contributed by atoms with Crippen LogP contribution in [-0.4, -0.2) is 18.3 Å². The van der Waals surface area contributed by atoms with Gasteiger partial charge in [-0.05, 0) is 69.9 Å². The summed E-state index contributed by atoms with van der Waals surface area (Å²) in [5.74, 6) is 0.528. The van der Waals surface area contributed by atoms with Crippen LogP contribution < -0.4 is 0 Å². The molecular formula is C18H25BO2. The molecule has 3 heteroatoms. The fourth-order valence-electron chi connectivity index (χ4n) is 4.29. The lowest BCUT2D eigenvalue weighted by Crippen LogP contribution is -2.41. The lowest BCUT2D eigenvalue weighted by Gasteiger charge is -2.32. The van der Waals surface area contributed by atoms with Crippen LogP contribution in [0.5, 0.6) is 0 Å². The molecule has 112 valence electrons. The fourth-order valence-corrected chi connectivity index (χ4v) is 4.29. The van der Waals surface area contributed by atoms with Gasteiger partial charge in [-0.25, -0.2) is 0 Å². The number of benzene rings is 1. The average Bonchev–Trinajstić information content (AvgIpc) is 3.07. The molecule has 0 amide bonds. The maximum atomic E-state index is 6.31. The first kappa shape index (κ1) is 13.8. The van der Waals surface area contributed by atoms with Crippen LogP contribution in [0.4, 0.5) is 0 Å². The van der Waals surface area contributed by atoms with Gasteiger partial charge in [0.1, 0.15) is 0 Å². The van der Waals surface area contributed by atoms with E-state index in [2.05, 4.69) is 52.0 Å². The van der Waals surface area contributed by atoms with Gasteiger partial charge in [0, 0.05) is 5.82 Å². The van der Waals surface area contributed by atoms with Gasteiger partial charge in [-0.2, -0.15) is 0 Å². The molecule has 0 N–H and O–H groups in total. The largest absolute Gasteiger partial charge is 0.462 e. The second kappa shape index (κ2) is 4.14. The zero-order valence-corrected chi connectivity index (χ0v) is 13.6. The smallest absolute Gasteiger partial charge is 0.403 e. The van der Waals surface area contributed by atoms with Crippen molar-refractivity contribution in [3.8, 4) is 0 Å². The molecule has 0 radical (unpaired) electrons. The Morgan fingerprint density at radius 3 is 2.43 bits per heavy atom. The molecule has 0 unspecified atom stereocenters. The van der Waals surface area contributed by atoms with Gasteiger partial charge in [0.15, 0.2) is 0 Å². The maximum absolute atomic E-state index is 6.31. The minimum absolute atomic E-state index is 0.0406. The van der Waals surface area contributed by atoms with E-state index in [1.807, 2.05) is 0 Å². The van der Waals surface area contributed by atoms with Crippen molar-refractivity contribution in [2.45, 2.75) is 75.8 Å². The van der Waals surface area contributed by atoms with E-state index in [4.69, 9.17) is 9.31 Å². The van der Waals surface area contributed by atoms with Crippen molar-refractivity contribution >= 4 is 7.12 Å². The molecule has 1 aromatic carbocycles. The van der Waals surface area contributed by atoms with Crippen molar-refractivity contribution in [2.24, 2.45) is 0 Å². The monoisotopic (exact) mass is 284 g/mol. The zero-order chi connectivity index (χ0) is 14.9. The Bertz CT molecular complexity index is 564. The molecule has 2 fully saturated rings. The molecule has 2 nitrogen and oxygen atoms in total. The molecule has 2 atom stereocenters. The van der Waals surface area contributed by atoms with Crippen molar-refractivity contribution in [1.29, 1.82) is 0 Å². The van der Waals surface area contributed by atoms with Gasteiger partial charge < -0.3 is 9.31 Å². The van der Waals surface area contributed by atoms with Gasteiger partial charge in [-0.3, -0.25) is 0 Å². The third kappa shape index (κ3) is 1.87. The first-order valence-electron chi connectivity index (χ1n) is 8.30. The van der Waals surface area contributed by atoms with Crippen LogP contribution in [0.25, 0.3) is 0 Å². The molecule has 0 bridgehead atoms. The molecule has 1 aliphatic heterocycles. The van der Waals surface area contributed by atoms with Gasteiger partial charge in [0.2, 0.25) is 0 Å². The number of hydrogen-bond donors (Lipinski definition) is 0. The number of aryl methyl sites for hydroxylation is 1. The van der Waals surface area contributed by atoms with Crippen LogP contribution >= 0.6 is 0 Å².